The van der Waals surface area contributed by atoms with E-state index < -0.39 is 24.0 Å². The van der Waals surface area contributed by atoms with Gasteiger partial charge in [0.15, 0.2) is 11.5 Å². The second-order valence-electron chi connectivity index (χ2n) is 7.15. The Kier molecular flexibility index (Phi) is 9.75. The summed E-state index contributed by atoms with van der Waals surface area (Å²) >= 11 is 0. The van der Waals surface area contributed by atoms with Crippen LogP contribution in [-0.2, 0) is 14.4 Å². The molecule has 0 aromatic heterocycles. The average Bonchev–Trinajstić information content (AvgIpc) is 2.83. The molecule has 34 heavy (non-hydrogen) atoms. The van der Waals surface area contributed by atoms with E-state index in [2.05, 4.69) is 15.2 Å². The van der Waals surface area contributed by atoms with Crippen LogP contribution in [0.5, 0.6) is 5.75 Å². The first-order chi connectivity index (χ1) is 16.2. The van der Waals surface area contributed by atoms with Gasteiger partial charge in [-0.1, -0.05) is 19.1 Å². The van der Waals surface area contributed by atoms with E-state index in [9.17, 15) is 19.2 Å². The summed E-state index contributed by atoms with van der Waals surface area (Å²) in [5.41, 5.74) is 6.85. The monoisotopic (exact) mass is 469 g/mol. The second kappa shape index (κ2) is 12.7. The number of benzene rings is 2. The van der Waals surface area contributed by atoms with E-state index in [1.807, 2.05) is 6.92 Å². The molecule has 0 saturated heterocycles. The van der Waals surface area contributed by atoms with Crippen LogP contribution in [0.1, 0.15) is 59.9 Å². The van der Waals surface area contributed by atoms with E-state index in [0.29, 0.717) is 23.1 Å². The Morgan fingerprint density at radius 3 is 2.12 bits per heavy atom. The highest BCUT2D eigenvalue weighted by Gasteiger charge is 2.19. The zero-order valence-electron chi connectivity index (χ0n) is 19.2. The van der Waals surface area contributed by atoms with Crippen LogP contribution in [-0.4, -0.2) is 42.2 Å². The number of rotatable bonds is 10. The first-order valence-electron chi connectivity index (χ1n) is 10.7. The molecule has 10 heteroatoms. The lowest BCUT2D eigenvalue weighted by molar-refractivity contribution is -0.213. The molecule has 2 aromatic rings. The van der Waals surface area contributed by atoms with Crippen molar-refractivity contribution < 1.29 is 33.7 Å². The highest BCUT2D eigenvalue weighted by atomic mass is 17.2. The highest BCUT2D eigenvalue weighted by Crippen LogP contribution is 2.15. The SMILES string of the molecule is CCCC(=O)OOc1ccc(C(=O)C(C)NC(=O)c2ccc(/C(N)=N\C(=O)OCC)cc2)cc1. The van der Waals surface area contributed by atoms with Crippen molar-refractivity contribution in [1.82, 2.24) is 5.32 Å². The molecule has 0 saturated carbocycles. The molecular formula is C24H27N3O7. The number of nitrogens with zero attached hydrogens (tertiary/aromatic N) is 1. The number of nitrogens with one attached hydrogen (secondary N) is 1. The van der Waals surface area contributed by atoms with Crippen molar-refractivity contribution in [3.8, 4) is 5.75 Å². The Morgan fingerprint density at radius 1 is 0.941 bits per heavy atom. The average molecular weight is 469 g/mol. The number of amides is 2. The van der Waals surface area contributed by atoms with Crippen molar-refractivity contribution in [2.24, 2.45) is 10.7 Å². The molecule has 0 bridgehead atoms. The van der Waals surface area contributed by atoms with Crippen molar-refractivity contribution in [3.05, 3.63) is 65.2 Å². The van der Waals surface area contributed by atoms with Crippen LogP contribution in [0, 0.1) is 0 Å². The smallest absolute Gasteiger partial charge is 0.435 e. The molecule has 10 nitrogen and oxygen atoms in total. The summed E-state index contributed by atoms with van der Waals surface area (Å²) in [5.74, 6) is -1.03. The fourth-order valence-electron chi connectivity index (χ4n) is 2.72. The van der Waals surface area contributed by atoms with Gasteiger partial charge in [-0.05, 0) is 56.7 Å². The van der Waals surface area contributed by atoms with Crippen LogP contribution in [0.15, 0.2) is 53.5 Å². The van der Waals surface area contributed by atoms with Gasteiger partial charge < -0.3 is 15.8 Å². The molecule has 2 amide bonds. The zero-order chi connectivity index (χ0) is 25.1. The Labute approximate surface area is 197 Å². The third-order valence-electron chi connectivity index (χ3n) is 4.49. The molecule has 2 aromatic carbocycles. The predicted molar refractivity (Wildman–Crippen MR) is 124 cm³/mol. The molecule has 0 fully saturated rings. The molecule has 0 aliphatic rings. The number of ether oxygens (including phenoxy) is 1. The van der Waals surface area contributed by atoms with Gasteiger partial charge in [-0.15, -0.1) is 0 Å². The van der Waals surface area contributed by atoms with E-state index >= 15 is 0 Å². The minimum atomic E-state index is -0.809. The third-order valence-corrected chi connectivity index (χ3v) is 4.49. The summed E-state index contributed by atoms with van der Waals surface area (Å²) in [5, 5.41) is 2.64. The largest absolute Gasteiger partial charge is 0.448 e. The number of ketones is 1. The minimum absolute atomic E-state index is 0.0403. The number of nitrogens with two attached hydrogens (primary N) is 1. The Morgan fingerprint density at radius 2 is 1.53 bits per heavy atom. The van der Waals surface area contributed by atoms with Crippen molar-refractivity contribution in [2.45, 2.75) is 39.7 Å². The molecule has 0 spiro atoms. The topological polar surface area (TPSA) is 146 Å². The Bertz CT molecular complexity index is 1050. The highest BCUT2D eigenvalue weighted by molar-refractivity contribution is 6.05. The summed E-state index contributed by atoms with van der Waals surface area (Å²) in [7, 11) is 0. The van der Waals surface area contributed by atoms with Gasteiger partial charge in [0.2, 0.25) is 0 Å². The molecule has 2 rings (SSSR count). The van der Waals surface area contributed by atoms with Gasteiger partial charge in [0.1, 0.15) is 5.84 Å². The maximum atomic E-state index is 12.7. The van der Waals surface area contributed by atoms with Gasteiger partial charge in [-0.25, -0.2) is 9.59 Å². The van der Waals surface area contributed by atoms with Gasteiger partial charge in [0.05, 0.1) is 12.6 Å². The molecule has 1 unspecified atom stereocenters. The quantitative estimate of drug-likeness (QED) is 0.177. The maximum absolute atomic E-state index is 12.7. The van der Waals surface area contributed by atoms with Crippen molar-refractivity contribution in [2.75, 3.05) is 6.61 Å². The van der Waals surface area contributed by atoms with Crippen LogP contribution in [0.3, 0.4) is 0 Å². The van der Waals surface area contributed by atoms with Crippen molar-refractivity contribution in [3.63, 3.8) is 0 Å². The Hall–Kier alpha value is -4.21. The Balaban J connectivity index is 1.95. The molecule has 0 aliphatic carbocycles. The fraction of sp³-hybridized carbons (Fsp3) is 0.292. The standard InChI is InChI=1S/C24H27N3O7/c1-4-6-20(28)34-33-19-13-11-16(12-14-19)21(29)15(3)26-23(30)18-9-7-17(8-10-18)22(25)27-24(31)32-5-2/h7-15H,4-6H2,1-3H3,(H,26,30)(H2,25,27,31). The van der Waals surface area contributed by atoms with Gasteiger partial charge >= 0.3 is 12.1 Å². The van der Waals surface area contributed by atoms with E-state index in [0.717, 1.165) is 0 Å². The van der Waals surface area contributed by atoms with Gasteiger partial charge in [0, 0.05) is 23.1 Å². The van der Waals surface area contributed by atoms with E-state index in [4.69, 9.17) is 15.4 Å². The summed E-state index contributed by atoms with van der Waals surface area (Å²) in [6, 6.07) is 11.3. The summed E-state index contributed by atoms with van der Waals surface area (Å²) in [4.78, 5) is 61.1. The van der Waals surface area contributed by atoms with Crippen LogP contribution in [0.2, 0.25) is 0 Å². The van der Waals surface area contributed by atoms with Crippen LogP contribution < -0.4 is 15.9 Å². The number of hydrogen-bond donors (Lipinski definition) is 2. The lowest BCUT2D eigenvalue weighted by atomic mass is 10.0. The summed E-state index contributed by atoms with van der Waals surface area (Å²) in [6.45, 7) is 5.24. The molecule has 0 heterocycles. The van der Waals surface area contributed by atoms with Gasteiger partial charge in [0.25, 0.3) is 5.91 Å². The first kappa shape index (κ1) is 26.0. The third kappa shape index (κ3) is 7.73. The van der Waals surface area contributed by atoms with Crippen LogP contribution in [0.25, 0.3) is 0 Å². The number of aliphatic imine (C=N–C) groups is 1. The molecule has 0 radical (unpaired) electrons. The van der Waals surface area contributed by atoms with E-state index in [-0.39, 0.29) is 30.4 Å². The fourth-order valence-corrected chi connectivity index (χ4v) is 2.72. The summed E-state index contributed by atoms with van der Waals surface area (Å²) in [6.07, 6.45) is 0.0815. The lowest BCUT2D eigenvalue weighted by Gasteiger charge is -2.13. The van der Waals surface area contributed by atoms with Crippen LogP contribution in [0.4, 0.5) is 4.79 Å². The van der Waals surface area contributed by atoms with E-state index in [1.54, 1.807) is 13.8 Å². The second-order valence-corrected chi connectivity index (χ2v) is 7.15. The van der Waals surface area contributed by atoms with E-state index in [1.165, 1.54) is 48.5 Å². The van der Waals surface area contributed by atoms with Crippen molar-refractivity contribution in [1.29, 1.82) is 0 Å². The number of carbonyl (C=O) groups is 4. The molecule has 3 N–H and O–H groups in total. The van der Waals surface area contributed by atoms with Gasteiger partial charge in [-0.2, -0.15) is 4.99 Å². The normalized spacial score (nSPS) is 11.8. The van der Waals surface area contributed by atoms with Crippen molar-refractivity contribution >= 4 is 29.6 Å². The lowest BCUT2D eigenvalue weighted by Crippen LogP contribution is -2.38. The maximum Gasteiger partial charge on any atom is 0.435 e. The number of amidine groups is 1. The van der Waals surface area contributed by atoms with Crippen LogP contribution >= 0.6 is 0 Å². The molecular weight excluding hydrogens is 442 g/mol. The molecule has 1 atom stereocenters. The number of carbonyl (C=O) groups excluding carboxylic acids is 4. The van der Waals surface area contributed by atoms with Gasteiger partial charge in [-0.3, -0.25) is 19.4 Å². The minimum Gasteiger partial charge on any atom is -0.448 e. The molecule has 0 aliphatic heterocycles. The molecule has 180 valence electrons. The zero-order valence-corrected chi connectivity index (χ0v) is 19.2. The number of Topliss-reactive ketones (excluding diaryl/α,β-unsaturated/α-hetero) is 1. The number of hydrogen-bond acceptors (Lipinski definition) is 7. The predicted octanol–water partition coefficient (Wildman–Crippen LogP) is 3.19. The summed E-state index contributed by atoms with van der Waals surface area (Å²) < 4.78 is 4.71. The first-order valence-corrected chi connectivity index (χ1v) is 10.7.